The second-order valence-corrected chi connectivity index (χ2v) is 5.69. The Bertz CT molecular complexity index is 424. The Morgan fingerprint density at radius 1 is 1.71 bits per heavy atom. The summed E-state index contributed by atoms with van der Waals surface area (Å²) in [5.74, 6) is 0.0351. The lowest BCUT2D eigenvalue weighted by Crippen LogP contribution is -2.66. The van der Waals surface area contributed by atoms with Crippen LogP contribution in [0.3, 0.4) is 0 Å². The fourth-order valence-electron chi connectivity index (χ4n) is 1.79. The van der Waals surface area contributed by atoms with Crippen molar-refractivity contribution in [1.29, 1.82) is 0 Å². The topological polar surface area (TPSA) is 79.5 Å². The van der Waals surface area contributed by atoms with Gasteiger partial charge in [0.05, 0.1) is 13.1 Å². The van der Waals surface area contributed by atoms with Crippen LogP contribution in [0.1, 0.15) is 29.3 Å². The van der Waals surface area contributed by atoms with Gasteiger partial charge in [-0.15, -0.1) is 11.3 Å². The van der Waals surface area contributed by atoms with Crippen LogP contribution in [0, 0.1) is 5.92 Å². The lowest BCUT2D eigenvalue weighted by Gasteiger charge is -2.48. The Balaban J connectivity index is 2.00. The third kappa shape index (κ3) is 2.20. The molecule has 1 aliphatic rings. The Kier molecular flexibility index (Phi) is 3.20. The van der Waals surface area contributed by atoms with E-state index in [0.29, 0.717) is 25.3 Å². The third-order valence-corrected chi connectivity index (χ3v) is 4.11. The molecule has 1 aromatic rings. The second kappa shape index (κ2) is 4.36. The van der Waals surface area contributed by atoms with Crippen LogP contribution in [0.15, 0.2) is 5.38 Å². The molecule has 1 saturated heterocycles. The number of carbonyl (C=O) groups is 1. The minimum Gasteiger partial charge on any atom is -0.386 e. The molecule has 1 aliphatic heterocycles. The first-order valence-electron chi connectivity index (χ1n) is 5.62. The molecule has 0 saturated carbocycles. The largest absolute Gasteiger partial charge is 0.386 e. The first kappa shape index (κ1) is 12.5. The molecule has 0 aromatic carbocycles. The van der Waals surface area contributed by atoms with Gasteiger partial charge in [-0.25, -0.2) is 4.98 Å². The van der Waals surface area contributed by atoms with Crippen molar-refractivity contribution in [1.82, 2.24) is 9.88 Å². The first-order valence-corrected chi connectivity index (χ1v) is 6.50. The third-order valence-electron chi connectivity index (χ3n) is 3.24. The highest BCUT2D eigenvalue weighted by molar-refractivity contribution is 7.09. The molecule has 0 unspecified atom stereocenters. The smallest absolute Gasteiger partial charge is 0.273 e. The fourth-order valence-corrected chi connectivity index (χ4v) is 2.44. The average molecular weight is 255 g/mol. The van der Waals surface area contributed by atoms with Gasteiger partial charge in [0.15, 0.2) is 0 Å². The van der Waals surface area contributed by atoms with Crippen LogP contribution in [0.5, 0.6) is 0 Å². The molecule has 0 atom stereocenters. The Morgan fingerprint density at radius 2 is 2.35 bits per heavy atom. The van der Waals surface area contributed by atoms with Gasteiger partial charge in [0.2, 0.25) is 0 Å². The molecule has 1 amide bonds. The molecule has 0 spiro atoms. The first-order chi connectivity index (χ1) is 7.96. The van der Waals surface area contributed by atoms with E-state index in [-0.39, 0.29) is 11.8 Å². The number of rotatable bonds is 3. The zero-order chi connectivity index (χ0) is 12.6. The van der Waals surface area contributed by atoms with Crippen molar-refractivity contribution in [2.75, 3.05) is 13.1 Å². The van der Waals surface area contributed by atoms with Crippen LogP contribution >= 0.6 is 11.3 Å². The number of aromatic nitrogens is 1. The lowest BCUT2D eigenvalue weighted by atomic mass is 9.83. The van der Waals surface area contributed by atoms with Crippen LogP contribution in [0.25, 0.3) is 0 Å². The molecule has 1 aromatic heterocycles. The monoisotopic (exact) mass is 255 g/mol. The van der Waals surface area contributed by atoms with E-state index in [1.165, 1.54) is 11.3 Å². The maximum absolute atomic E-state index is 12.0. The van der Waals surface area contributed by atoms with Gasteiger partial charge in [0, 0.05) is 11.9 Å². The zero-order valence-electron chi connectivity index (χ0n) is 10.0. The van der Waals surface area contributed by atoms with E-state index in [0.717, 1.165) is 5.01 Å². The number of amides is 1. The minimum atomic E-state index is -0.734. The summed E-state index contributed by atoms with van der Waals surface area (Å²) in [5.41, 5.74) is 5.15. The van der Waals surface area contributed by atoms with Crippen molar-refractivity contribution in [3.63, 3.8) is 0 Å². The number of carbonyl (C=O) groups excluding carboxylic acids is 1. The highest BCUT2D eigenvalue weighted by Gasteiger charge is 2.46. The van der Waals surface area contributed by atoms with Crippen molar-refractivity contribution >= 4 is 17.2 Å². The number of hydrogen-bond acceptors (Lipinski definition) is 5. The summed E-state index contributed by atoms with van der Waals surface area (Å²) in [6.45, 7) is 5.04. The Morgan fingerprint density at radius 3 is 2.82 bits per heavy atom. The summed E-state index contributed by atoms with van der Waals surface area (Å²) in [6, 6.07) is 0. The van der Waals surface area contributed by atoms with E-state index in [1.807, 2.05) is 13.8 Å². The summed E-state index contributed by atoms with van der Waals surface area (Å²) in [6.07, 6.45) is 0. The molecule has 0 aliphatic carbocycles. The summed E-state index contributed by atoms with van der Waals surface area (Å²) in [7, 11) is 0. The zero-order valence-corrected chi connectivity index (χ0v) is 10.8. The molecule has 2 heterocycles. The van der Waals surface area contributed by atoms with Gasteiger partial charge in [-0.1, -0.05) is 13.8 Å². The van der Waals surface area contributed by atoms with Crippen molar-refractivity contribution in [3.8, 4) is 0 Å². The van der Waals surface area contributed by atoms with Gasteiger partial charge in [0.25, 0.3) is 5.91 Å². The number of hydrogen-bond donors (Lipinski definition) is 2. The normalized spacial score (nSPS) is 18.3. The van der Waals surface area contributed by atoms with Gasteiger partial charge < -0.3 is 15.7 Å². The summed E-state index contributed by atoms with van der Waals surface area (Å²) >= 11 is 1.39. The van der Waals surface area contributed by atoms with Gasteiger partial charge in [-0.3, -0.25) is 4.79 Å². The lowest BCUT2D eigenvalue weighted by molar-refractivity contribution is -0.111. The van der Waals surface area contributed by atoms with E-state index < -0.39 is 5.60 Å². The second-order valence-electron chi connectivity index (χ2n) is 4.75. The van der Waals surface area contributed by atoms with Crippen molar-refractivity contribution in [2.45, 2.75) is 26.0 Å². The van der Waals surface area contributed by atoms with Crippen LogP contribution in [-0.2, 0) is 6.54 Å². The number of aliphatic hydroxyl groups is 1. The molecular formula is C11H17N3O2S. The number of nitrogens with zero attached hydrogens (tertiary/aromatic N) is 2. The predicted octanol–water partition coefficient (Wildman–Crippen LogP) is 0.445. The van der Waals surface area contributed by atoms with Gasteiger partial charge in [0.1, 0.15) is 16.3 Å². The Hall–Kier alpha value is -0.980. The van der Waals surface area contributed by atoms with Crippen molar-refractivity contribution in [3.05, 3.63) is 16.1 Å². The van der Waals surface area contributed by atoms with E-state index in [2.05, 4.69) is 4.98 Å². The number of β-amino-alcohol motifs (C(OH)–C–C–N with tert-alkyl or cyclic N) is 1. The maximum Gasteiger partial charge on any atom is 0.273 e. The fraction of sp³-hybridized carbons (Fsp3) is 0.636. The average Bonchev–Trinajstić information content (AvgIpc) is 2.71. The minimum absolute atomic E-state index is 0.119. The predicted molar refractivity (Wildman–Crippen MR) is 65.7 cm³/mol. The van der Waals surface area contributed by atoms with E-state index in [9.17, 15) is 9.90 Å². The highest BCUT2D eigenvalue weighted by atomic mass is 32.1. The molecule has 0 bridgehead atoms. The molecule has 3 N–H and O–H groups in total. The van der Waals surface area contributed by atoms with E-state index >= 15 is 0 Å². The number of thiazole rings is 1. The van der Waals surface area contributed by atoms with Crippen molar-refractivity contribution in [2.24, 2.45) is 11.7 Å². The summed E-state index contributed by atoms with van der Waals surface area (Å²) in [5, 5.41) is 12.6. The van der Waals surface area contributed by atoms with Crippen LogP contribution in [0.4, 0.5) is 0 Å². The van der Waals surface area contributed by atoms with Gasteiger partial charge >= 0.3 is 0 Å². The standard InChI is InChI=1S/C11H17N3O2S/c1-7(2)11(16)5-14(6-11)10(15)8-4-17-9(3-12)13-8/h4,7,16H,3,5-6,12H2,1-2H3. The molecule has 17 heavy (non-hydrogen) atoms. The number of likely N-dealkylation sites (tertiary alicyclic amines) is 1. The maximum atomic E-state index is 12.0. The molecule has 5 nitrogen and oxygen atoms in total. The summed E-state index contributed by atoms with van der Waals surface area (Å²) in [4.78, 5) is 17.8. The van der Waals surface area contributed by atoms with Crippen LogP contribution in [-0.4, -0.2) is 39.6 Å². The van der Waals surface area contributed by atoms with Gasteiger partial charge in [-0.2, -0.15) is 0 Å². The van der Waals surface area contributed by atoms with E-state index in [4.69, 9.17) is 5.73 Å². The summed E-state index contributed by atoms with van der Waals surface area (Å²) < 4.78 is 0. The molecular weight excluding hydrogens is 238 g/mol. The van der Waals surface area contributed by atoms with E-state index in [1.54, 1.807) is 10.3 Å². The molecule has 0 radical (unpaired) electrons. The van der Waals surface area contributed by atoms with Crippen LogP contribution in [0.2, 0.25) is 0 Å². The molecule has 2 rings (SSSR count). The Labute approximate surface area is 104 Å². The number of nitrogens with two attached hydrogens (primary N) is 1. The van der Waals surface area contributed by atoms with Gasteiger partial charge in [-0.05, 0) is 5.92 Å². The molecule has 6 heteroatoms. The molecule has 94 valence electrons. The molecule has 1 fully saturated rings. The quantitative estimate of drug-likeness (QED) is 0.821. The highest BCUT2D eigenvalue weighted by Crippen LogP contribution is 2.29. The SMILES string of the molecule is CC(C)C1(O)CN(C(=O)c2csc(CN)n2)C1. The van der Waals surface area contributed by atoms with Crippen LogP contribution < -0.4 is 5.73 Å². The van der Waals surface area contributed by atoms with Crippen molar-refractivity contribution < 1.29 is 9.90 Å².